The van der Waals surface area contributed by atoms with Crippen molar-refractivity contribution >= 4 is 0 Å². The number of hydrogen-bond donors (Lipinski definition) is 1. The minimum Gasteiger partial charge on any atom is -0.396 e. The zero-order valence-electron chi connectivity index (χ0n) is 6.64. The third-order valence-electron chi connectivity index (χ3n) is 3.98. The first kappa shape index (κ1) is 6.66. The molecule has 1 heteroatoms. The van der Waals surface area contributed by atoms with E-state index in [1.54, 1.807) is 0 Å². The van der Waals surface area contributed by atoms with Crippen molar-refractivity contribution in [3.05, 3.63) is 0 Å². The average molecular weight is 140 g/mol. The lowest BCUT2D eigenvalue weighted by Crippen LogP contribution is -2.38. The Balaban J connectivity index is 2.11. The highest BCUT2D eigenvalue weighted by molar-refractivity contribution is 5.01. The second-order valence-corrected chi connectivity index (χ2v) is 4.20. The summed E-state index contributed by atoms with van der Waals surface area (Å²) < 4.78 is 0. The molecule has 0 saturated heterocycles. The molecule has 0 spiro atoms. The molecule has 10 heavy (non-hydrogen) atoms. The molecule has 1 nitrogen and oxygen atoms in total. The molecule has 0 aromatic rings. The summed E-state index contributed by atoms with van der Waals surface area (Å²) in [5.41, 5.74) is 0.550. The lowest BCUT2D eigenvalue weighted by molar-refractivity contribution is 0.0143. The predicted octanol–water partition coefficient (Wildman–Crippen LogP) is 1.81. The van der Waals surface area contributed by atoms with Gasteiger partial charge in [0.1, 0.15) is 0 Å². The van der Waals surface area contributed by atoms with Gasteiger partial charge in [0.2, 0.25) is 0 Å². The zero-order valence-corrected chi connectivity index (χ0v) is 6.64. The van der Waals surface area contributed by atoms with E-state index in [9.17, 15) is 0 Å². The van der Waals surface area contributed by atoms with Crippen molar-refractivity contribution in [2.24, 2.45) is 17.3 Å². The molecule has 2 aliphatic carbocycles. The highest BCUT2D eigenvalue weighted by atomic mass is 16.3. The van der Waals surface area contributed by atoms with Crippen LogP contribution in [0.4, 0.5) is 0 Å². The molecule has 1 N–H and O–H groups in total. The lowest BCUT2D eigenvalue weighted by atomic mass is 9.60. The number of aliphatic hydroxyl groups excluding tert-OH is 1. The number of rotatable bonds is 1. The van der Waals surface area contributed by atoms with Gasteiger partial charge in [-0.2, -0.15) is 0 Å². The van der Waals surface area contributed by atoms with Gasteiger partial charge in [-0.15, -0.1) is 0 Å². The summed E-state index contributed by atoms with van der Waals surface area (Å²) in [6.45, 7) is 2.78. The normalized spacial score (nSPS) is 52.2. The van der Waals surface area contributed by atoms with Crippen molar-refractivity contribution in [2.75, 3.05) is 6.61 Å². The molecular formula is C9H16O. The summed E-state index contributed by atoms with van der Waals surface area (Å²) in [4.78, 5) is 0. The van der Waals surface area contributed by atoms with E-state index in [4.69, 9.17) is 5.11 Å². The predicted molar refractivity (Wildman–Crippen MR) is 40.6 cm³/mol. The number of hydrogen-bond acceptors (Lipinski definition) is 1. The topological polar surface area (TPSA) is 20.2 Å². The van der Waals surface area contributed by atoms with Crippen LogP contribution in [0.2, 0.25) is 0 Å². The minimum atomic E-state index is 0.424. The van der Waals surface area contributed by atoms with Crippen LogP contribution in [0.5, 0.6) is 0 Å². The molecule has 0 aromatic carbocycles. The Morgan fingerprint density at radius 2 is 2.20 bits per heavy atom. The van der Waals surface area contributed by atoms with Gasteiger partial charge < -0.3 is 5.11 Å². The van der Waals surface area contributed by atoms with Crippen LogP contribution in [0.25, 0.3) is 0 Å². The Kier molecular flexibility index (Phi) is 1.31. The molecular weight excluding hydrogens is 124 g/mol. The van der Waals surface area contributed by atoms with Crippen molar-refractivity contribution in [1.29, 1.82) is 0 Å². The van der Waals surface area contributed by atoms with E-state index < -0.39 is 0 Å². The third kappa shape index (κ3) is 0.619. The fourth-order valence-corrected chi connectivity index (χ4v) is 2.85. The second kappa shape index (κ2) is 1.97. The highest BCUT2D eigenvalue weighted by Gasteiger charge is 2.51. The standard InChI is InChI=1S/C9H16O/c1-9-5-4-7(9)2-3-8(9)6-10/h7-8,10H,2-6H2,1H3/t7-,8?,9-/m1/s1. The second-order valence-electron chi connectivity index (χ2n) is 4.20. The molecule has 2 fully saturated rings. The number of aliphatic hydroxyl groups is 1. The van der Waals surface area contributed by atoms with Gasteiger partial charge in [0.25, 0.3) is 0 Å². The first-order valence-corrected chi connectivity index (χ1v) is 4.38. The molecule has 3 atom stereocenters. The van der Waals surface area contributed by atoms with Crippen molar-refractivity contribution in [3.8, 4) is 0 Å². The van der Waals surface area contributed by atoms with Crippen LogP contribution < -0.4 is 0 Å². The van der Waals surface area contributed by atoms with Crippen LogP contribution in [-0.4, -0.2) is 11.7 Å². The third-order valence-corrected chi connectivity index (χ3v) is 3.98. The summed E-state index contributed by atoms with van der Waals surface area (Å²) in [7, 11) is 0. The summed E-state index contributed by atoms with van der Waals surface area (Å²) in [5, 5.41) is 9.05. The molecule has 2 aliphatic rings. The van der Waals surface area contributed by atoms with E-state index in [1.165, 1.54) is 25.7 Å². The molecule has 0 bridgehead atoms. The highest BCUT2D eigenvalue weighted by Crippen LogP contribution is 2.59. The Morgan fingerprint density at radius 3 is 2.50 bits per heavy atom. The van der Waals surface area contributed by atoms with E-state index in [0.29, 0.717) is 17.9 Å². The van der Waals surface area contributed by atoms with Crippen LogP contribution in [0.1, 0.15) is 32.6 Å². The van der Waals surface area contributed by atoms with Crippen molar-refractivity contribution in [3.63, 3.8) is 0 Å². The summed E-state index contributed by atoms with van der Waals surface area (Å²) >= 11 is 0. The van der Waals surface area contributed by atoms with E-state index in [-0.39, 0.29) is 0 Å². The Morgan fingerprint density at radius 1 is 1.40 bits per heavy atom. The average Bonchev–Trinajstić information content (AvgIpc) is 2.12. The van der Waals surface area contributed by atoms with Crippen molar-refractivity contribution in [1.82, 2.24) is 0 Å². The Labute approximate surface area is 62.4 Å². The van der Waals surface area contributed by atoms with E-state index >= 15 is 0 Å². The van der Waals surface area contributed by atoms with Gasteiger partial charge in [-0.3, -0.25) is 0 Å². The zero-order chi connectivity index (χ0) is 7.19. The molecule has 2 saturated carbocycles. The maximum Gasteiger partial charge on any atom is 0.0464 e. The van der Waals surface area contributed by atoms with Crippen molar-refractivity contribution < 1.29 is 5.11 Å². The molecule has 58 valence electrons. The minimum absolute atomic E-state index is 0.424. The Bertz CT molecular complexity index is 144. The van der Waals surface area contributed by atoms with Crippen LogP contribution in [0, 0.1) is 17.3 Å². The molecule has 0 heterocycles. The van der Waals surface area contributed by atoms with Crippen LogP contribution >= 0.6 is 0 Å². The fourth-order valence-electron chi connectivity index (χ4n) is 2.85. The van der Waals surface area contributed by atoms with E-state index in [2.05, 4.69) is 6.92 Å². The Hall–Kier alpha value is -0.0400. The molecule has 0 aromatic heterocycles. The quantitative estimate of drug-likeness (QED) is 0.589. The summed E-state index contributed by atoms with van der Waals surface area (Å²) in [6, 6.07) is 0. The van der Waals surface area contributed by atoms with Gasteiger partial charge in [-0.1, -0.05) is 6.92 Å². The first-order chi connectivity index (χ1) is 4.77. The maximum atomic E-state index is 9.05. The van der Waals surface area contributed by atoms with Gasteiger partial charge in [-0.05, 0) is 42.9 Å². The number of fused-ring (bicyclic) bond motifs is 1. The monoisotopic (exact) mass is 140 g/mol. The van der Waals surface area contributed by atoms with Gasteiger partial charge in [0.15, 0.2) is 0 Å². The molecule has 2 rings (SSSR count). The van der Waals surface area contributed by atoms with Gasteiger partial charge >= 0.3 is 0 Å². The van der Waals surface area contributed by atoms with Crippen molar-refractivity contribution in [2.45, 2.75) is 32.6 Å². The van der Waals surface area contributed by atoms with E-state index in [1.807, 2.05) is 0 Å². The van der Waals surface area contributed by atoms with Gasteiger partial charge in [-0.25, -0.2) is 0 Å². The van der Waals surface area contributed by atoms with Crippen LogP contribution in [0.15, 0.2) is 0 Å². The maximum absolute atomic E-state index is 9.05. The molecule has 0 amide bonds. The molecule has 0 aliphatic heterocycles. The molecule has 0 radical (unpaired) electrons. The smallest absolute Gasteiger partial charge is 0.0464 e. The largest absolute Gasteiger partial charge is 0.396 e. The first-order valence-electron chi connectivity index (χ1n) is 4.38. The van der Waals surface area contributed by atoms with Gasteiger partial charge in [0, 0.05) is 6.61 Å². The summed E-state index contributed by atoms with van der Waals surface area (Å²) in [6.07, 6.45) is 5.44. The lowest BCUT2D eigenvalue weighted by Gasteiger charge is -2.45. The SMILES string of the molecule is C[C@@]12CC[C@H]1CCC2CO. The molecule has 1 unspecified atom stereocenters. The van der Waals surface area contributed by atoms with E-state index in [0.717, 1.165) is 5.92 Å². The van der Waals surface area contributed by atoms with Crippen LogP contribution in [-0.2, 0) is 0 Å². The van der Waals surface area contributed by atoms with Gasteiger partial charge in [0.05, 0.1) is 0 Å². The van der Waals surface area contributed by atoms with Crippen LogP contribution in [0.3, 0.4) is 0 Å². The fraction of sp³-hybridized carbons (Fsp3) is 1.00. The summed E-state index contributed by atoms with van der Waals surface area (Å²) in [5.74, 6) is 1.59.